The highest BCUT2D eigenvalue weighted by molar-refractivity contribution is 6.51. The standard InChI is InChI=1S/C9H10Cl2N2O3/c1-2-12-6(14)7(15)13(8(12)16)4-5-3-9(5,10)11/h5H,2-4H2,1H3. The molecule has 0 aromatic rings. The molecule has 2 rings (SSSR count). The van der Waals surface area contributed by atoms with Crippen LogP contribution in [0.15, 0.2) is 0 Å². The molecule has 1 heterocycles. The van der Waals surface area contributed by atoms with Gasteiger partial charge in [0.2, 0.25) is 0 Å². The summed E-state index contributed by atoms with van der Waals surface area (Å²) >= 11 is 11.6. The van der Waals surface area contributed by atoms with Crippen molar-refractivity contribution < 1.29 is 14.4 Å². The Hall–Kier alpha value is -0.810. The maximum absolute atomic E-state index is 11.7. The highest BCUT2D eigenvalue weighted by Gasteiger charge is 2.55. The summed E-state index contributed by atoms with van der Waals surface area (Å²) in [4.78, 5) is 36.3. The van der Waals surface area contributed by atoms with E-state index in [4.69, 9.17) is 23.2 Å². The number of alkyl halides is 2. The van der Waals surface area contributed by atoms with Gasteiger partial charge in [-0.25, -0.2) is 4.79 Å². The number of hydrogen-bond donors (Lipinski definition) is 0. The van der Waals surface area contributed by atoms with Crippen LogP contribution in [0.2, 0.25) is 0 Å². The summed E-state index contributed by atoms with van der Waals surface area (Å²) in [5.41, 5.74) is 0. The number of likely N-dealkylation sites (N-methyl/N-ethyl adjacent to an activating group) is 1. The number of halogens is 2. The van der Waals surface area contributed by atoms with Crippen LogP contribution in [0.3, 0.4) is 0 Å². The second-order valence-electron chi connectivity index (χ2n) is 3.91. The van der Waals surface area contributed by atoms with E-state index in [1.807, 2.05) is 0 Å². The summed E-state index contributed by atoms with van der Waals surface area (Å²) in [5.74, 6) is -1.70. The molecule has 0 bridgehead atoms. The lowest BCUT2D eigenvalue weighted by molar-refractivity contribution is -0.143. The fraction of sp³-hybridized carbons (Fsp3) is 0.667. The lowest BCUT2D eigenvalue weighted by Crippen LogP contribution is -2.35. The zero-order valence-electron chi connectivity index (χ0n) is 8.57. The minimum absolute atomic E-state index is 0.118. The summed E-state index contributed by atoms with van der Waals surface area (Å²) in [5, 5.41) is 0. The van der Waals surface area contributed by atoms with Crippen LogP contribution in [-0.2, 0) is 9.59 Å². The second-order valence-corrected chi connectivity index (χ2v) is 5.45. The van der Waals surface area contributed by atoms with E-state index in [-0.39, 0.29) is 19.0 Å². The molecule has 1 atom stereocenters. The zero-order valence-corrected chi connectivity index (χ0v) is 10.1. The smallest absolute Gasteiger partial charge is 0.263 e. The van der Waals surface area contributed by atoms with Gasteiger partial charge in [-0.05, 0) is 13.3 Å². The number of urea groups is 1. The Morgan fingerprint density at radius 3 is 2.12 bits per heavy atom. The number of hydrogen-bond acceptors (Lipinski definition) is 3. The third kappa shape index (κ3) is 1.68. The van der Waals surface area contributed by atoms with E-state index in [2.05, 4.69) is 0 Å². The van der Waals surface area contributed by atoms with Crippen molar-refractivity contribution in [1.82, 2.24) is 9.80 Å². The lowest BCUT2D eigenvalue weighted by atomic mass is 10.4. The van der Waals surface area contributed by atoms with Crippen molar-refractivity contribution in [3.8, 4) is 0 Å². The van der Waals surface area contributed by atoms with Gasteiger partial charge in [-0.1, -0.05) is 0 Å². The molecule has 2 aliphatic rings. The summed E-state index contributed by atoms with van der Waals surface area (Å²) in [6.07, 6.45) is 0.535. The molecule has 0 spiro atoms. The molecule has 0 N–H and O–H groups in total. The van der Waals surface area contributed by atoms with Gasteiger partial charge in [0, 0.05) is 19.0 Å². The van der Waals surface area contributed by atoms with Gasteiger partial charge in [-0.3, -0.25) is 19.4 Å². The summed E-state index contributed by atoms with van der Waals surface area (Å²) < 4.78 is -0.858. The highest BCUT2D eigenvalue weighted by Crippen LogP contribution is 2.53. The molecule has 4 amide bonds. The second kappa shape index (κ2) is 3.60. The van der Waals surface area contributed by atoms with Gasteiger partial charge in [0.1, 0.15) is 4.33 Å². The maximum atomic E-state index is 11.7. The Morgan fingerprint density at radius 1 is 1.25 bits per heavy atom. The number of rotatable bonds is 3. The minimum atomic E-state index is -0.858. The third-order valence-corrected chi connectivity index (χ3v) is 3.74. The van der Waals surface area contributed by atoms with E-state index in [9.17, 15) is 14.4 Å². The lowest BCUT2D eigenvalue weighted by Gasteiger charge is -2.13. The SMILES string of the molecule is CCN1C(=O)C(=O)N(CC2CC2(Cl)Cl)C1=O. The van der Waals surface area contributed by atoms with E-state index in [1.54, 1.807) is 6.92 Å². The largest absolute Gasteiger partial charge is 0.334 e. The van der Waals surface area contributed by atoms with Crippen molar-refractivity contribution in [2.45, 2.75) is 17.7 Å². The topological polar surface area (TPSA) is 57.7 Å². The summed E-state index contributed by atoms with van der Waals surface area (Å²) in [6.45, 7) is 1.95. The fourth-order valence-electron chi connectivity index (χ4n) is 1.68. The number of imide groups is 2. The molecule has 0 radical (unpaired) electrons. The highest BCUT2D eigenvalue weighted by atomic mass is 35.5. The van der Waals surface area contributed by atoms with E-state index in [0.717, 1.165) is 9.80 Å². The van der Waals surface area contributed by atoms with E-state index in [0.29, 0.717) is 6.42 Å². The Morgan fingerprint density at radius 2 is 1.75 bits per heavy atom. The maximum Gasteiger partial charge on any atom is 0.334 e. The molecule has 16 heavy (non-hydrogen) atoms. The van der Waals surface area contributed by atoms with Gasteiger partial charge in [0.25, 0.3) is 0 Å². The molecular weight excluding hydrogens is 255 g/mol. The number of amides is 4. The van der Waals surface area contributed by atoms with Crippen LogP contribution in [0.4, 0.5) is 4.79 Å². The first-order valence-electron chi connectivity index (χ1n) is 4.93. The van der Waals surface area contributed by atoms with Crippen molar-refractivity contribution in [3.05, 3.63) is 0 Å². The normalized spacial score (nSPS) is 27.9. The Balaban J connectivity index is 2.08. The molecule has 88 valence electrons. The van der Waals surface area contributed by atoms with Gasteiger partial charge in [-0.2, -0.15) is 0 Å². The number of carbonyl (C=O) groups is 3. The molecule has 1 aliphatic heterocycles. The van der Waals surface area contributed by atoms with Crippen molar-refractivity contribution >= 4 is 41.0 Å². The van der Waals surface area contributed by atoms with Crippen LogP contribution in [0, 0.1) is 5.92 Å². The number of carbonyl (C=O) groups excluding carboxylic acids is 3. The molecule has 5 nitrogen and oxygen atoms in total. The molecule has 1 aliphatic carbocycles. The fourth-order valence-corrected chi connectivity index (χ4v) is 2.19. The molecule has 1 saturated carbocycles. The number of nitrogens with zero attached hydrogens (tertiary/aromatic N) is 2. The van der Waals surface area contributed by atoms with Gasteiger partial charge in [-0.15, -0.1) is 23.2 Å². The van der Waals surface area contributed by atoms with Crippen molar-refractivity contribution in [1.29, 1.82) is 0 Å². The van der Waals surface area contributed by atoms with E-state index >= 15 is 0 Å². The zero-order chi connectivity index (χ0) is 12.1. The first kappa shape index (κ1) is 11.7. The van der Waals surface area contributed by atoms with E-state index < -0.39 is 22.2 Å². The quantitative estimate of drug-likeness (QED) is 0.434. The molecule has 7 heteroatoms. The van der Waals surface area contributed by atoms with Crippen LogP contribution in [0.25, 0.3) is 0 Å². The third-order valence-electron chi connectivity index (χ3n) is 2.81. The van der Waals surface area contributed by atoms with Gasteiger partial charge in [0.15, 0.2) is 0 Å². The predicted molar refractivity (Wildman–Crippen MR) is 57.0 cm³/mol. The molecular formula is C9H10Cl2N2O3. The summed E-state index contributed by atoms with van der Waals surface area (Å²) in [7, 11) is 0. The van der Waals surface area contributed by atoms with E-state index in [1.165, 1.54) is 0 Å². The average molecular weight is 265 g/mol. The van der Waals surface area contributed by atoms with Crippen LogP contribution >= 0.6 is 23.2 Å². The predicted octanol–water partition coefficient (Wildman–Crippen LogP) is 0.991. The Bertz CT molecular complexity index is 383. The molecule has 1 unspecified atom stereocenters. The molecule has 2 fully saturated rings. The Kier molecular flexibility index (Phi) is 2.62. The average Bonchev–Trinajstić information content (AvgIpc) is 2.75. The first-order chi connectivity index (χ1) is 7.38. The summed E-state index contributed by atoms with van der Waals surface area (Å²) in [6, 6.07) is -0.575. The molecule has 0 aromatic heterocycles. The van der Waals surface area contributed by atoms with Crippen molar-refractivity contribution in [2.24, 2.45) is 5.92 Å². The molecule has 0 aromatic carbocycles. The van der Waals surface area contributed by atoms with Crippen molar-refractivity contribution in [2.75, 3.05) is 13.1 Å². The minimum Gasteiger partial charge on any atom is -0.263 e. The van der Waals surface area contributed by atoms with Crippen molar-refractivity contribution in [3.63, 3.8) is 0 Å². The van der Waals surface area contributed by atoms with Crippen LogP contribution < -0.4 is 0 Å². The molecule has 1 saturated heterocycles. The Labute approximate surface area is 102 Å². The van der Waals surface area contributed by atoms with Gasteiger partial charge < -0.3 is 0 Å². The van der Waals surface area contributed by atoms with Gasteiger partial charge in [0.05, 0.1) is 0 Å². The van der Waals surface area contributed by atoms with Crippen LogP contribution in [0.5, 0.6) is 0 Å². The van der Waals surface area contributed by atoms with Gasteiger partial charge >= 0.3 is 17.8 Å². The first-order valence-corrected chi connectivity index (χ1v) is 5.69. The van der Waals surface area contributed by atoms with Crippen LogP contribution in [-0.4, -0.2) is 45.1 Å². The monoisotopic (exact) mass is 264 g/mol. The van der Waals surface area contributed by atoms with Crippen LogP contribution in [0.1, 0.15) is 13.3 Å².